The van der Waals surface area contributed by atoms with E-state index >= 15 is 0 Å². The molecule has 0 aliphatic heterocycles. The molecule has 4 nitrogen and oxygen atoms in total. The van der Waals surface area contributed by atoms with E-state index in [0.29, 0.717) is 12.2 Å². The lowest BCUT2D eigenvalue weighted by Crippen LogP contribution is -2.10. The number of carbonyl (C=O) groups is 1. The van der Waals surface area contributed by atoms with Gasteiger partial charge >= 0.3 is 0 Å². The van der Waals surface area contributed by atoms with Crippen LogP contribution in [0.15, 0.2) is 42.6 Å². The van der Waals surface area contributed by atoms with Crippen LogP contribution in [-0.4, -0.2) is 15.9 Å². The molecular formula is C22H25N3OS. The quantitative estimate of drug-likeness (QED) is 0.570. The third-order valence-corrected chi connectivity index (χ3v) is 5.57. The molecule has 0 aliphatic rings. The second-order valence-electron chi connectivity index (χ2n) is 6.42. The Hall–Kier alpha value is -2.53. The number of thiazole rings is 1. The first-order valence-electron chi connectivity index (χ1n) is 9.49. The van der Waals surface area contributed by atoms with Crippen LogP contribution in [0.5, 0.6) is 0 Å². The minimum Gasteiger partial charge on any atom is -0.311 e. The molecule has 0 saturated carbocycles. The molecule has 0 spiro atoms. The van der Waals surface area contributed by atoms with Gasteiger partial charge in [-0.05, 0) is 42.2 Å². The van der Waals surface area contributed by atoms with Gasteiger partial charge in [-0.25, -0.2) is 9.97 Å². The van der Waals surface area contributed by atoms with Crippen LogP contribution >= 0.6 is 11.3 Å². The molecule has 3 aromatic rings. The largest absolute Gasteiger partial charge is 0.311 e. The number of rotatable bonds is 7. The van der Waals surface area contributed by atoms with Crippen LogP contribution in [0.2, 0.25) is 0 Å². The number of benzene rings is 1. The summed E-state index contributed by atoms with van der Waals surface area (Å²) >= 11 is 1.71. The van der Waals surface area contributed by atoms with E-state index in [1.54, 1.807) is 17.5 Å². The zero-order chi connectivity index (χ0) is 19.2. The summed E-state index contributed by atoms with van der Waals surface area (Å²) in [5.41, 5.74) is 4.51. The molecule has 0 fully saturated rings. The maximum absolute atomic E-state index is 11.7. The highest BCUT2D eigenvalue weighted by atomic mass is 32.1. The molecule has 0 saturated heterocycles. The van der Waals surface area contributed by atoms with Gasteiger partial charge in [0.05, 0.1) is 15.6 Å². The number of carbonyl (C=O) groups excluding carboxylic acids is 1. The van der Waals surface area contributed by atoms with Gasteiger partial charge in [-0.1, -0.05) is 45.4 Å². The number of amides is 1. The molecule has 1 aromatic carbocycles. The van der Waals surface area contributed by atoms with E-state index < -0.39 is 0 Å². The fourth-order valence-electron chi connectivity index (χ4n) is 2.94. The van der Waals surface area contributed by atoms with Crippen LogP contribution in [0.25, 0.3) is 21.7 Å². The van der Waals surface area contributed by atoms with Gasteiger partial charge in [-0.2, -0.15) is 0 Å². The first-order chi connectivity index (χ1) is 13.1. The Kier molecular flexibility index (Phi) is 6.35. The zero-order valence-corrected chi connectivity index (χ0v) is 16.9. The molecule has 2 heterocycles. The Bertz CT molecular complexity index is 933. The number of hydrogen-bond acceptors (Lipinski definition) is 4. The smallest absolute Gasteiger partial charge is 0.225 e. The van der Waals surface area contributed by atoms with Crippen LogP contribution in [0, 0.1) is 0 Å². The molecule has 27 heavy (non-hydrogen) atoms. The molecule has 0 radical (unpaired) electrons. The molecule has 0 atom stereocenters. The predicted molar refractivity (Wildman–Crippen MR) is 113 cm³/mol. The number of nitrogens with zero attached hydrogens (tertiary/aromatic N) is 2. The lowest BCUT2D eigenvalue weighted by Gasteiger charge is -2.07. The molecule has 3 rings (SSSR count). The highest BCUT2D eigenvalue weighted by Gasteiger charge is 2.15. The summed E-state index contributed by atoms with van der Waals surface area (Å²) in [5.74, 6) is 0.544. The van der Waals surface area contributed by atoms with Crippen LogP contribution < -0.4 is 5.32 Å². The Morgan fingerprint density at radius 2 is 1.96 bits per heavy atom. The van der Waals surface area contributed by atoms with Crippen molar-refractivity contribution in [3.05, 3.63) is 53.2 Å². The number of anilines is 1. The summed E-state index contributed by atoms with van der Waals surface area (Å²) in [4.78, 5) is 22.0. The first-order valence-corrected chi connectivity index (χ1v) is 10.3. The first kappa shape index (κ1) is 19.2. The monoisotopic (exact) mass is 379 g/mol. The standard InChI is InChI=1S/C22H25N3OS/c1-4-8-15-9-7-10-16(13-15)21-22(27-20(6-3)25-21)17-11-12-23-18(14-17)24-19(26)5-2/h7,9-14H,4-6,8H2,1-3H3,(H,23,24,26). The average Bonchev–Trinajstić information content (AvgIpc) is 3.13. The molecule has 2 aromatic heterocycles. The van der Waals surface area contributed by atoms with Crippen molar-refractivity contribution in [2.24, 2.45) is 0 Å². The van der Waals surface area contributed by atoms with Gasteiger partial charge < -0.3 is 5.32 Å². The Morgan fingerprint density at radius 1 is 1.11 bits per heavy atom. The molecule has 5 heteroatoms. The van der Waals surface area contributed by atoms with Crippen LogP contribution in [-0.2, 0) is 17.6 Å². The van der Waals surface area contributed by atoms with E-state index in [0.717, 1.165) is 46.0 Å². The third kappa shape index (κ3) is 4.61. The Morgan fingerprint density at radius 3 is 2.70 bits per heavy atom. The minimum atomic E-state index is -0.0364. The number of aromatic nitrogens is 2. The number of nitrogens with one attached hydrogen (secondary N) is 1. The van der Waals surface area contributed by atoms with Gasteiger partial charge in [0, 0.05) is 18.2 Å². The normalized spacial score (nSPS) is 10.8. The molecular weight excluding hydrogens is 354 g/mol. The van der Waals surface area contributed by atoms with E-state index in [1.807, 2.05) is 19.1 Å². The van der Waals surface area contributed by atoms with E-state index in [9.17, 15) is 4.79 Å². The second-order valence-corrected chi connectivity index (χ2v) is 7.50. The molecule has 1 N–H and O–H groups in total. The SMILES string of the molecule is CCCc1cccc(-c2nc(CC)sc2-c2ccnc(NC(=O)CC)c2)c1. The fraction of sp³-hybridized carbons (Fsp3) is 0.318. The van der Waals surface area contributed by atoms with Crippen molar-refractivity contribution in [1.29, 1.82) is 0 Å². The minimum absolute atomic E-state index is 0.0364. The van der Waals surface area contributed by atoms with Crippen molar-refractivity contribution in [3.63, 3.8) is 0 Å². The zero-order valence-electron chi connectivity index (χ0n) is 16.1. The third-order valence-electron chi connectivity index (χ3n) is 4.32. The summed E-state index contributed by atoms with van der Waals surface area (Å²) in [6.45, 7) is 6.15. The maximum atomic E-state index is 11.7. The topological polar surface area (TPSA) is 54.9 Å². The van der Waals surface area contributed by atoms with Crippen molar-refractivity contribution < 1.29 is 4.79 Å². The van der Waals surface area contributed by atoms with Crippen LogP contribution in [0.4, 0.5) is 5.82 Å². The number of pyridine rings is 1. The van der Waals surface area contributed by atoms with Crippen LogP contribution in [0.1, 0.15) is 44.2 Å². The van der Waals surface area contributed by atoms with Gasteiger partial charge in [0.1, 0.15) is 5.82 Å². The maximum Gasteiger partial charge on any atom is 0.225 e. The van der Waals surface area contributed by atoms with Crippen LogP contribution in [0.3, 0.4) is 0 Å². The summed E-state index contributed by atoms with van der Waals surface area (Å²) in [6.07, 6.45) is 5.26. The lowest BCUT2D eigenvalue weighted by molar-refractivity contribution is -0.115. The van der Waals surface area contributed by atoms with Crippen molar-refractivity contribution in [2.75, 3.05) is 5.32 Å². The predicted octanol–water partition coefficient (Wildman–Crippen LogP) is 5.74. The molecule has 0 bridgehead atoms. The summed E-state index contributed by atoms with van der Waals surface area (Å²) in [6, 6.07) is 12.5. The summed E-state index contributed by atoms with van der Waals surface area (Å²) < 4.78 is 0. The summed E-state index contributed by atoms with van der Waals surface area (Å²) in [5, 5.41) is 3.95. The Balaban J connectivity index is 2.04. The second kappa shape index (κ2) is 8.91. The van der Waals surface area contributed by atoms with E-state index in [-0.39, 0.29) is 5.91 Å². The highest BCUT2D eigenvalue weighted by molar-refractivity contribution is 7.15. The molecule has 0 unspecified atom stereocenters. The van der Waals surface area contributed by atoms with Gasteiger partial charge in [0.2, 0.25) is 5.91 Å². The van der Waals surface area contributed by atoms with Gasteiger partial charge in [-0.15, -0.1) is 11.3 Å². The highest BCUT2D eigenvalue weighted by Crippen LogP contribution is 2.38. The number of aryl methyl sites for hydroxylation is 2. The Labute approximate surface area is 164 Å². The van der Waals surface area contributed by atoms with Crippen molar-refractivity contribution >= 4 is 23.1 Å². The van der Waals surface area contributed by atoms with Crippen molar-refractivity contribution in [3.8, 4) is 21.7 Å². The van der Waals surface area contributed by atoms with Crippen molar-refractivity contribution in [2.45, 2.75) is 46.5 Å². The molecule has 0 aliphatic carbocycles. The van der Waals surface area contributed by atoms with Gasteiger partial charge in [0.25, 0.3) is 0 Å². The van der Waals surface area contributed by atoms with Gasteiger partial charge in [0.15, 0.2) is 0 Å². The molecule has 140 valence electrons. The summed E-state index contributed by atoms with van der Waals surface area (Å²) in [7, 11) is 0. The van der Waals surface area contributed by atoms with Gasteiger partial charge in [-0.3, -0.25) is 4.79 Å². The van der Waals surface area contributed by atoms with E-state index in [4.69, 9.17) is 4.98 Å². The van der Waals surface area contributed by atoms with E-state index in [2.05, 4.69) is 48.4 Å². The average molecular weight is 380 g/mol. The van der Waals surface area contributed by atoms with Crippen molar-refractivity contribution in [1.82, 2.24) is 9.97 Å². The lowest BCUT2D eigenvalue weighted by atomic mass is 10.0. The number of hydrogen-bond donors (Lipinski definition) is 1. The van der Waals surface area contributed by atoms with E-state index in [1.165, 1.54) is 5.56 Å². The molecule has 1 amide bonds. The fourth-order valence-corrected chi connectivity index (χ4v) is 3.96.